The fourth-order valence-electron chi connectivity index (χ4n) is 8.00. The van der Waals surface area contributed by atoms with Crippen LogP contribution in [0.2, 0.25) is 0 Å². The van der Waals surface area contributed by atoms with Crippen LogP contribution in [0.1, 0.15) is 67.2 Å². The third kappa shape index (κ3) is 16.0. The Hall–Kier alpha value is -5.42. The Morgan fingerprint density at radius 2 is 1.18 bits per heavy atom. The second kappa shape index (κ2) is 27.4. The van der Waals surface area contributed by atoms with Gasteiger partial charge in [0.15, 0.2) is 23.5 Å². The summed E-state index contributed by atoms with van der Waals surface area (Å²) in [6.07, 6.45) is -20.9. The second-order valence-electron chi connectivity index (χ2n) is 17.3. The highest BCUT2D eigenvalue weighted by Gasteiger charge is 2.69. The molecule has 0 aliphatic carbocycles. The molecule has 0 aromatic heterocycles. The Morgan fingerprint density at radius 1 is 0.690 bits per heavy atom. The summed E-state index contributed by atoms with van der Waals surface area (Å²) >= 11 is 0. The number of amides is 7. The molecule has 406 valence electrons. The highest BCUT2D eigenvalue weighted by atomic mass is 16.6. The summed E-state index contributed by atoms with van der Waals surface area (Å²) < 4.78 is 17.1. The third-order valence-corrected chi connectivity index (χ3v) is 11.7. The number of aliphatic carboxylic acids is 1. The number of carbonyl (C=O) groups excluding carboxylic acids is 9. The number of carboxylic acid groups (broad SMARTS) is 1. The standard InChI is InChI=1S/C34H59N9O17.C6H12N2O3/c1-11(35)30(55)43-16(29(37)54)6-7-19(48)33(34(39,40)32(38)57,28(53)12(2)58-27-22(42-14(4)47)31(56)60-18(10-45)24(27)51)15(5-8-20(36)49)26-21(41-13(3)46)25(52)23(50)17(9-44)59-26;1-3(7)5(9)8-4(2)6(10)11/h11-12,15-18,21-27,31,44-45,50-52,56H,5-10,35,39-40H2,1-4H3,(H2,36,49)(H2,37,54)(H2,38,57)(H,41,46)(H,42,47)(H,43,55);3-4H,7H2,1-2H3,(H,8,9)(H,10,11)/t11-,12?,15?,16+,17+,18+,21+,22+,23+,24+,25+,26?,27+,31-,33?;3-,4-/m01/s1. The normalized spacial score (nSPS) is 27.7. The number of Topliss-reactive ketones (excluding diaryl/α,β-unsaturated/α-hetero) is 2. The first-order valence-electron chi connectivity index (χ1n) is 22.0. The molecule has 2 aliphatic heterocycles. The van der Waals surface area contributed by atoms with Crippen LogP contribution in [-0.2, 0) is 62.2 Å². The lowest BCUT2D eigenvalue weighted by Gasteiger charge is -2.54. The van der Waals surface area contributed by atoms with E-state index in [-0.39, 0.29) is 0 Å². The Balaban J connectivity index is 0.00000203. The van der Waals surface area contributed by atoms with Gasteiger partial charge in [0.05, 0.1) is 37.4 Å². The maximum atomic E-state index is 15.5. The zero-order chi connectivity index (χ0) is 55.2. The predicted octanol–water partition coefficient (Wildman–Crippen LogP) is -10.6. The number of ether oxygens (including phenoxy) is 3. The van der Waals surface area contributed by atoms with Gasteiger partial charge in [0.1, 0.15) is 66.3 Å². The van der Waals surface area contributed by atoms with Crippen molar-refractivity contribution in [1.82, 2.24) is 21.3 Å². The van der Waals surface area contributed by atoms with E-state index < -0.39 is 206 Å². The smallest absolute Gasteiger partial charge is 0.325 e. The average molecular weight is 1030 g/mol. The fourth-order valence-corrected chi connectivity index (χ4v) is 8.00. The molecule has 0 spiro atoms. The van der Waals surface area contributed by atoms with Crippen LogP contribution in [0, 0.1) is 11.3 Å². The van der Waals surface area contributed by atoms with Crippen LogP contribution in [0.3, 0.4) is 0 Å². The predicted molar refractivity (Wildman–Crippen MR) is 239 cm³/mol. The summed E-state index contributed by atoms with van der Waals surface area (Å²) in [5.74, 6) is -13.5. The lowest BCUT2D eigenvalue weighted by Crippen LogP contribution is -2.80. The van der Waals surface area contributed by atoms with Gasteiger partial charge < -0.3 is 111 Å². The number of aliphatic hydroxyl groups excluding tert-OH is 6. The van der Waals surface area contributed by atoms with Crippen molar-refractivity contribution >= 4 is 58.9 Å². The van der Waals surface area contributed by atoms with Crippen LogP contribution in [0.4, 0.5) is 0 Å². The molecule has 4 unspecified atom stereocenters. The first kappa shape index (κ1) is 63.6. The maximum absolute atomic E-state index is 15.5. The molecular weight excluding hydrogens is 954 g/mol. The maximum Gasteiger partial charge on any atom is 0.325 e. The second-order valence-corrected chi connectivity index (χ2v) is 17.3. The number of aliphatic hydroxyl groups is 6. The van der Waals surface area contributed by atoms with Crippen molar-refractivity contribution in [2.75, 3.05) is 13.2 Å². The lowest BCUT2D eigenvalue weighted by molar-refractivity contribution is -0.267. The van der Waals surface area contributed by atoms with Crippen LogP contribution in [0.25, 0.3) is 0 Å². The Morgan fingerprint density at radius 3 is 1.62 bits per heavy atom. The molecule has 17 atom stereocenters. The number of carbonyl (C=O) groups is 10. The molecule has 0 radical (unpaired) electrons. The zero-order valence-corrected chi connectivity index (χ0v) is 40.0. The van der Waals surface area contributed by atoms with E-state index in [9.17, 15) is 69.0 Å². The lowest BCUT2D eigenvalue weighted by atomic mass is 9.55. The van der Waals surface area contributed by atoms with E-state index >= 15 is 9.59 Å². The van der Waals surface area contributed by atoms with Gasteiger partial charge >= 0.3 is 5.97 Å². The molecule has 71 heavy (non-hydrogen) atoms. The number of hydrogen-bond donors (Lipinski definition) is 18. The van der Waals surface area contributed by atoms with Crippen molar-refractivity contribution in [2.24, 2.45) is 51.5 Å². The van der Waals surface area contributed by atoms with Gasteiger partial charge in [-0.1, -0.05) is 0 Å². The van der Waals surface area contributed by atoms with E-state index in [1.165, 1.54) is 20.8 Å². The van der Waals surface area contributed by atoms with E-state index in [1.54, 1.807) is 0 Å². The Kier molecular flexibility index (Phi) is 24.6. The third-order valence-electron chi connectivity index (χ3n) is 11.7. The van der Waals surface area contributed by atoms with Gasteiger partial charge in [-0.2, -0.15) is 0 Å². The highest BCUT2D eigenvalue weighted by molar-refractivity contribution is 6.15. The number of nitrogens with two attached hydrogens (primary N) is 7. The molecule has 2 aliphatic rings. The van der Waals surface area contributed by atoms with Gasteiger partial charge in [-0.05, 0) is 40.5 Å². The summed E-state index contributed by atoms with van der Waals surface area (Å²) in [6, 6.07) is -8.01. The molecule has 0 saturated carbocycles. The molecule has 2 heterocycles. The summed E-state index contributed by atoms with van der Waals surface area (Å²) in [7, 11) is 0. The molecule has 25 N–H and O–H groups in total. The first-order valence-corrected chi connectivity index (χ1v) is 22.0. The minimum atomic E-state index is -3.45. The summed E-state index contributed by atoms with van der Waals surface area (Å²) in [5, 5.41) is 81.5. The van der Waals surface area contributed by atoms with Gasteiger partial charge in [-0.15, -0.1) is 0 Å². The topological polar surface area (TPSA) is 570 Å². The Bertz CT molecular complexity index is 1930. The summed E-state index contributed by atoms with van der Waals surface area (Å²) in [4.78, 5) is 127. The molecular formula is C40H71N11O20. The average Bonchev–Trinajstić information content (AvgIpc) is 3.26. The van der Waals surface area contributed by atoms with E-state index in [2.05, 4.69) is 21.3 Å². The number of carboxylic acids is 1. The van der Waals surface area contributed by atoms with Gasteiger partial charge in [-0.25, -0.2) is 0 Å². The van der Waals surface area contributed by atoms with Crippen molar-refractivity contribution < 1.29 is 97.9 Å². The van der Waals surface area contributed by atoms with Crippen LogP contribution in [0.5, 0.6) is 0 Å². The van der Waals surface area contributed by atoms with Crippen molar-refractivity contribution in [3.8, 4) is 0 Å². The van der Waals surface area contributed by atoms with Gasteiger partial charge in [0.2, 0.25) is 35.4 Å². The number of ketones is 2. The SMILES string of the molecule is CC(=O)N[C@@H]1[C@@H](OC(C)C(=O)C(C(=O)CC[C@@H](NC(=O)[C@H](C)N)C(N)=O)(C(CCC(N)=O)C2O[C@H](CO)[C@@H](O)[C@H](O)[C@H]2NC(C)=O)C(N)(N)C(N)=O)[C@H](O)[C@@H](CO)O[C@@H]1O.C[C@@H](N)C(=O)N[C@H](C)C(=O)O. The number of rotatable bonds is 25. The minimum Gasteiger partial charge on any atom is -0.480 e. The molecule has 2 saturated heterocycles. The first-order chi connectivity index (χ1) is 32.7. The van der Waals surface area contributed by atoms with E-state index in [0.29, 0.717) is 0 Å². The molecule has 0 aromatic rings. The number of nitrogens with one attached hydrogen (secondary N) is 4. The van der Waals surface area contributed by atoms with Crippen molar-refractivity contribution in [2.45, 2.75) is 164 Å². The summed E-state index contributed by atoms with van der Waals surface area (Å²) in [5.41, 5.74) is 33.6. The van der Waals surface area contributed by atoms with Crippen molar-refractivity contribution in [1.29, 1.82) is 0 Å². The monoisotopic (exact) mass is 1030 g/mol. The molecule has 31 heteroatoms. The Labute approximate surface area is 406 Å². The quantitative estimate of drug-likeness (QED) is 0.0298. The highest BCUT2D eigenvalue weighted by Crippen LogP contribution is 2.48. The number of hydrogen-bond acceptors (Lipinski definition) is 23. The molecule has 2 fully saturated rings. The van der Waals surface area contributed by atoms with E-state index in [1.807, 2.05) is 0 Å². The van der Waals surface area contributed by atoms with Crippen LogP contribution in [-0.4, -0.2) is 205 Å². The van der Waals surface area contributed by atoms with Crippen LogP contribution >= 0.6 is 0 Å². The fraction of sp³-hybridized carbons (Fsp3) is 0.750. The molecule has 0 bridgehead atoms. The van der Waals surface area contributed by atoms with Crippen LogP contribution in [0.15, 0.2) is 0 Å². The summed E-state index contributed by atoms with van der Waals surface area (Å²) in [6.45, 7) is 5.05. The molecule has 7 amide bonds. The van der Waals surface area contributed by atoms with E-state index in [0.717, 1.165) is 20.8 Å². The molecule has 31 nitrogen and oxygen atoms in total. The zero-order valence-electron chi connectivity index (χ0n) is 40.0. The van der Waals surface area contributed by atoms with Crippen molar-refractivity contribution in [3.63, 3.8) is 0 Å². The van der Waals surface area contributed by atoms with Crippen LogP contribution < -0.4 is 61.4 Å². The molecule has 0 aromatic carbocycles. The molecule has 2 rings (SSSR count). The largest absolute Gasteiger partial charge is 0.480 e. The van der Waals surface area contributed by atoms with Gasteiger partial charge in [0.25, 0.3) is 5.91 Å². The van der Waals surface area contributed by atoms with Gasteiger partial charge in [0, 0.05) is 32.6 Å². The minimum absolute atomic E-state index is 0.458. The number of primary amides is 3. The van der Waals surface area contributed by atoms with Crippen molar-refractivity contribution in [3.05, 3.63) is 0 Å². The van der Waals surface area contributed by atoms with E-state index in [4.69, 9.17) is 59.5 Å². The van der Waals surface area contributed by atoms with Gasteiger partial charge in [-0.3, -0.25) is 47.9 Å².